The summed E-state index contributed by atoms with van der Waals surface area (Å²) >= 11 is 0. The molecule has 4 rings (SSSR count). The summed E-state index contributed by atoms with van der Waals surface area (Å²) in [5, 5.41) is 8.83. The van der Waals surface area contributed by atoms with E-state index in [0.29, 0.717) is 29.3 Å². The van der Waals surface area contributed by atoms with Crippen molar-refractivity contribution >= 4 is 5.91 Å². The maximum atomic E-state index is 13.4. The van der Waals surface area contributed by atoms with Crippen LogP contribution < -0.4 is 9.47 Å². The smallest absolute Gasteiger partial charge is 0.275 e. The van der Waals surface area contributed by atoms with Crippen LogP contribution in [0, 0.1) is 0 Å². The molecular formula is C24H25N5O3. The molecule has 0 aliphatic heterocycles. The first-order valence-electron chi connectivity index (χ1n) is 10.1. The number of methoxy groups -OCH3 is 2. The second kappa shape index (κ2) is 8.97. The Morgan fingerprint density at radius 2 is 1.78 bits per heavy atom. The molecular weight excluding hydrogens is 406 g/mol. The number of aromatic nitrogens is 4. The lowest BCUT2D eigenvalue weighted by molar-refractivity contribution is 0.0779. The first-order valence-corrected chi connectivity index (χ1v) is 10.1. The number of hydrogen-bond acceptors (Lipinski definition) is 5. The number of para-hydroxylation sites is 1. The summed E-state index contributed by atoms with van der Waals surface area (Å²) in [7, 11) is 6.79. The highest BCUT2D eigenvalue weighted by molar-refractivity contribution is 5.99. The predicted molar refractivity (Wildman–Crippen MR) is 121 cm³/mol. The van der Waals surface area contributed by atoms with Gasteiger partial charge in [-0.1, -0.05) is 24.3 Å². The van der Waals surface area contributed by atoms with E-state index in [9.17, 15) is 4.79 Å². The van der Waals surface area contributed by atoms with Crippen molar-refractivity contribution in [2.45, 2.75) is 6.54 Å². The standard InChI is InChI=1S/C24H25N5O3/c1-27(14-17-13-25-28(2)15-17)24(30)23-20(16-29(26-23)19-8-6-5-7-9-19)18-10-11-21(31-3)22(12-18)32-4/h5-13,15-16H,14H2,1-4H3. The zero-order valence-corrected chi connectivity index (χ0v) is 18.5. The lowest BCUT2D eigenvalue weighted by Gasteiger charge is -2.16. The number of carbonyl (C=O) groups excluding carboxylic acids is 1. The van der Waals surface area contributed by atoms with Gasteiger partial charge in [0.25, 0.3) is 5.91 Å². The molecule has 0 fully saturated rings. The molecule has 0 aliphatic rings. The van der Waals surface area contributed by atoms with Gasteiger partial charge in [0.05, 0.1) is 26.1 Å². The fourth-order valence-corrected chi connectivity index (χ4v) is 3.54. The number of amides is 1. The highest BCUT2D eigenvalue weighted by Gasteiger charge is 2.23. The molecule has 0 atom stereocenters. The van der Waals surface area contributed by atoms with Gasteiger partial charge in [-0.3, -0.25) is 9.48 Å². The van der Waals surface area contributed by atoms with Crippen molar-refractivity contribution in [1.29, 1.82) is 0 Å². The van der Waals surface area contributed by atoms with Crippen LogP contribution in [0.25, 0.3) is 16.8 Å². The zero-order valence-electron chi connectivity index (χ0n) is 18.5. The van der Waals surface area contributed by atoms with Gasteiger partial charge < -0.3 is 14.4 Å². The molecule has 0 spiro atoms. The van der Waals surface area contributed by atoms with Crippen molar-refractivity contribution in [2.24, 2.45) is 7.05 Å². The monoisotopic (exact) mass is 431 g/mol. The van der Waals surface area contributed by atoms with Crippen LogP contribution in [0.1, 0.15) is 16.1 Å². The van der Waals surface area contributed by atoms with E-state index < -0.39 is 0 Å². The van der Waals surface area contributed by atoms with Crippen LogP contribution in [0.15, 0.2) is 67.1 Å². The van der Waals surface area contributed by atoms with E-state index in [1.165, 1.54) is 0 Å². The SMILES string of the molecule is COc1ccc(-c2cn(-c3ccccc3)nc2C(=O)N(C)Cc2cnn(C)c2)cc1OC. The minimum absolute atomic E-state index is 0.187. The number of hydrogen-bond donors (Lipinski definition) is 0. The molecule has 0 saturated carbocycles. The third kappa shape index (κ3) is 4.20. The maximum absolute atomic E-state index is 13.4. The highest BCUT2D eigenvalue weighted by Crippen LogP contribution is 2.34. The second-order valence-electron chi connectivity index (χ2n) is 7.42. The van der Waals surface area contributed by atoms with Crippen molar-refractivity contribution in [1.82, 2.24) is 24.5 Å². The van der Waals surface area contributed by atoms with Crippen LogP contribution in [0.3, 0.4) is 0 Å². The van der Waals surface area contributed by atoms with Gasteiger partial charge in [0.1, 0.15) is 0 Å². The fourth-order valence-electron chi connectivity index (χ4n) is 3.54. The van der Waals surface area contributed by atoms with E-state index >= 15 is 0 Å². The quantitative estimate of drug-likeness (QED) is 0.447. The van der Waals surface area contributed by atoms with Crippen LogP contribution in [0.2, 0.25) is 0 Å². The summed E-state index contributed by atoms with van der Waals surface area (Å²) < 4.78 is 14.3. The van der Waals surface area contributed by atoms with E-state index in [1.807, 2.05) is 68.0 Å². The van der Waals surface area contributed by atoms with Gasteiger partial charge in [0.2, 0.25) is 0 Å². The largest absolute Gasteiger partial charge is 0.493 e. The van der Waals surface area contributed by atoms with Gasteiger partial charge in [0.15, 0.2) is 17.2 Å². The van der Waals surface area contributed by atoms with Gasteiger partial charge >= 0.3 is 0 Å². The molecule has 0 unspecified atom stereocenters. The average molecular weight is 431 g/mol. The Bertz CT molecular complexity index is 1230. The Morgan fingerprint density at radius 3 is 2.44 bits per heavy atom. The number of ether oxygens (including phenoxy) is 2. The van der Waals surface area contributed by atoms with Gasteiger partial charge in [-0.2, -0.15) is 10.2 Å². The zero-order chi connectivity index (χ0) is 22.7. The van der Waals surface area contributed by atoms with Gasteiger partial charge in [0, 0.05) is 44.2 Å². The summed E-state index contributed by atoms with van der Waals surface area (Å²) in [6.07, 6.45) is 5.50. The summed E-state index contributed by atoms with van der Waals surface area (Å²) in [6, 6.07) is 15.3. The second-order valence-corrected chi connectivity index (χ2v) is 7.42. The van der Waals surface area contributed by atoms with E-state index in [2.05, 4.69) is 10.2 Å². The number of nitrogens with zero attached hydrogens (tertiary/aromatic N) is 5. The molecule has 0 aliphatic carbocycles. The molecule has 2 aromatic heterocycles. The van der Waals surface area contributed by atoms with E-state index in [4.69, 9.17) is 9.47 Å². The van der Waals surface area contributed by atoms with Crippen LogP contribution >= 0.6 is 0 Å². The normalized spacial score (nSPS) is 10.8. The maximum Gasteiger partial charge on any atom is 0.275 e. The summed E-state index contributed by atoms with van der Waals surface area (Å²) in [5.74, 6) is 1.01. The predicted octanol–water partition coefficient (Wildman–Crippen LogP) is 3.56. The number of rotatable bonds is 7. The Hall–Kier alpha value is -4.07. The number of carbonyl (C=O) groups is 1. The Balaban J connectivity index is 1.76. The van der Waals surface area contributed by atoms with E-state index in [1.54, 1.807) is 41.7 Å². The topological polar surface area (TPSA) is 74.4 Å². The van der Waals surface area contributed by atoms with Crippen LogP contribution in [0.5, 0.6) is 11.5 Å². The third-order valence-electron chi connectivity index (χ3n) is 5.16. The van der Waals surface area contributed by atoms with Crippen LogP contribution in [-0.2, 0) is 13.6 Å². The molecule has 8 nitrogen and oxygen atoms in total. The Labute approximate surface area is 186 Å². The molecule has 0 radical (unpaired) electrons. The van der Waals surface area contributed by atoms with E-state index in [0.717, 1.165) is 16.8 Å². The van der Waals surface area contributed by atoms with Crippen LogP contribution in [0.4, 0.5) is 0 Å². The highest BCUT2D eigenvalue weighted by atomic mass is 16.5. The molecule has 8 heteroatoms. The molecule has 0 N–H and O–H groups in total. The minimum Gasteiger partial charge on any atom is -0.493 e. The van der Waals surface area contributed by atoms with Gasteiger partial charge in [-0.25, -0.2) is 4.68 Å². The number of benzene rings is 2. The van der Waals surface area contributed by atoms with Crippen molar-refractivity contribution in [3.05, 3.63) is 78.4 Å². The number of aryl methyl sites for hydroxylation is 1. The molecule has 0 saturated heterocycles. The van der Waals surface area contributed by atoms with Crippen molar-refractivity contribution in [2.75, 3.05) is 21.3 Å². The summed E-state index contributed by atoms with van der Waals surface area (Å²) in [4.78, 5) is 15.1. The molecule has 32 heavy (non-hydrogen) atoms. The fraction of sp³-hybridized carbons (Fsp3) is 0.208. The summed E-state index contributed by atoms with van der Waals surface area (Å²) in [5.41, 5.74) is 3.68. The third-order valence-corrected chi connectivity index (χ3v) is 5.16. The lowest BCUT2D eigenvalue weighted by Crippen LogP contribution is -2.27. The first-order chi connectivity index (χ1) is 15.5. The molecule has 1 amide bonds. The van der Waals surface area contributed by atoms with Crippen molar-refractivity contribution in [3.63, 3.8) is 0 Å². The van der Waals surface area contributed by atoms with Crippen molar-refractivity contribution in [3.8, 4) is 28.3 Å². The van der Waals surface area contributed by atoms with Crippen molar-refractivity contribution < 1.29 is 14.3 Å². The molecule has 2 heterocycles. The minimum atomic E-state index is -0.187. The van der Waals surface area contributed by atoms with E-state index in [-0.39, 0.29) is 5.91 Å². The Kier molecular flexibility index (Phi) is 5.93. The first kappa shape index (κ1) is 21.2. The average Bonchev–Trinajstić information content (AvgIpc) is 3.45. The van der Waals surface area contributed by atoms with Gasteiger partial charge in [-0.15, -0.1) is 0 Å². The Morgan fingerprint density at radius 1 is 1.03 bits per heavy atom. The molecule has 164 valence electrons. The molecule has 4 aromatic rings. The molecule has 0 bridgehead atoms. The summed E-state index contributed by atoms with van der Waals surface area (Å²) in [6.45, 7) is 0.427. The lowest BCUT2D eigenvalue weighted by atomic mass is 10.0. The van der Waals surface area contributed by atoms with Gasteiger partial charge in [-0.05, 0) is 29.8 Å². The van der Waals surface area contributed by atoms with Crippen LogP contribution in [-0.4, -0.2) is 51.6 Å². The molecule has 2 aromatic carbocycles.